The molecule has 90 valence electrons. The van der Waals surface area contributed by atoms with E-state index in [1.165, 1.54) is 4.90 Å². The van der Waals surface area contributed by atoms with Crippen molar-refractivity contribution in [3.8, 4) is 0 Å². The number of hydrogen-bond donors (Lipinski definition) is 2. The molecule has 0 aromatic carbocycles. The number of piperazine rings is 1. The van der Waals surface area contributed by atoms with E-state index in [9.17, 15) is 14.4 Å². The molecule has 2 atom stereocenters. The average molecular weight is 227 g/mol. The maximum absolute atomic E-state index is 11.9. The Hall–Kier alpha value is -1.43. The quantitative estimate of drug-likeness (QED) is 0.604. The molecule has 3 amide bonds. The molecule has 0 aromatic rings. The molecule has 1 aliphatic heterocycles. The lowest BCUT2D eigenvalue weighted by molar-refractivity contribution is -0.150. The molecule has 0 spiro atoms. The predicted octanol–water partition coefficient (Wildman–Crippen LogP) is -1.01. The minimum atomic E-state index is -0.633. The molecule has 0 aromatic heterocycles. The number of nitrogens with two attached hydrogens (primary N) is 1. The largest absolute Gasteiger partial charge is 0.320 e. The third kappa shape index (κ3) is 2.57. The molecule has 0 bridgehead atoms. The van der Waals surface area contributed by atoms with Gasteiger partial charge in [-0.05, 0) is 13.3 Å². The molecule has 6 nitrogen and oxygen atoms in total. The van der Waals surface area contributed by atoms with Crippen LogP contribution in [0, 0.1) is 0 Å². The van der Waals surface area contributed by atoms with E-state index in [1.54, 1.807) is 6.92 Å². The summed E-state index contributed by atoms with van der Waals surface area (Å²) in [5.74, 6) is -1.24. The number of nitrogens with zero attached hydrogens (tertiary/aromatic N) is 1. The van der Waals surface area contributed by atoms with Gasteiger partial charge in [-0.3, -0.25) is 19.7 Å². The standard InChI is InChI=1S/C10H17N3O3/c1-3-4-7(11)10(16)13-5-8(14)12-9(15)6(13)2/h6-7H,3-5,11H2,1-2H3,(H,12,14,15)/t6?,7-/m0/s1. The summed E-state index contributed by atoms with van der Waals surface area (Å²) in [6.45, 7) is 3.41. The van der Waals surface area contributed by atoms with E-state index in [4.69, 9.17) is 5.73 Å². The zero-order valence-electron chi connectivity index (χ0n) is 9.53. The summed E-state index contributed by atoms with van der Waals surface area (Å²) in [5, 5.41) is 2.17. The van der Waals surface area contributed by atoms with E-state index in [-0.39, 0.29) is 12.5 Å². The Kier molecular flexibility index (Phi) is 4.00. The molecule has 3 N–H and O–H groups in total. The van der Waals surface area contributed by atoms with Gasteiger partial charge >= 0.3 is 0 Å². The molecule has 0 radical (unpaired) electrons. The van der Waals surface area contributed by atoms with E-state index in [0.29, 0.717) is 6.42 Å². The van der Waals surface area contributed by atoms with Crippen molar-refractivity contribution in [2.75, 3.05) is 6.54 Å². The van der Waals surface area contributed by atoms with E-state index in [2.05, 4.69) is 5.32 Å². The lowest BCUT2D eigenvalue weighted by atomic mass is 10.1. The monoisotopic (exact) mass is 227 g/mol. The Balaban J connectivity index is 2.73. The van der Waals surface area contributed by atoms with Crippen molar-refractivity contribution >= 4 is 17.7 Å². The number of carbonyl (C=O) groups is 3. The fourth-order valence-electron chi connectivity index (χ4n) is 1.63. The minimum absolute atomic E-state index is 0.0941. The van der Waals surface area contributed by atoms with Crippen LogP contribution in [0.1, 0.15) is 26.7 Å². The zero-order valence-corrected chi connectivity index (χ0v) is 9.53. The van der Waals surface area contributed by atoms with Crippen molar-refractivity contribution in [2.24, 2.45) is 5.73 Å². The van der Waals surface area contributed by atoms with Crippen molar-refractivity contribution < 1.29 is 14.4 Å². The first-order valence-corrected chi connectivity index (χ1v) is 5.37. The minimum Gasteiger partial charge on any atom is -0.320 e. The molecule has 0 aliphatic carbocycles. The van der Waals surface area contributed by atoms with Gasteiger partial charge in [0.2, 0.25) is 17.7 Å². The molecule has 1 heterocycles. The number of amides is 3. The average Bonchev–Trinajstić information content (AvgIpc) is 2.22. The Bertz CT molecular complexity index is 316. The summed E-state index contributed by atoms with van der Waals surface area (Å²) in [6, 6.07) is -1.26. The molecule has 1 saturated heterocycles. The molecule has 6 heteroatoms. The van der Waals surface area contributed by atoms with Gasteiger partial charge in [-0.2, -0.15) is 0 Å². The highest BCUT2D eigenvalue weighted by atomic mass is 16.2. The molecular formula is C10H17N3O3. The summed E-state index contributed by atoms with van der Waals surface area (Å²) >= 11 is 0. The van der Waals surface area contributed by atoms with Crippen LogP contribution in [-0.2, 0) is 14.4 Å². The second-order valence-electron chi connectivity index (χ2n) is 3.95. The van der Waals surface area contributed by atoms with Crippen molar-refractivity contribution in [1.82, 2.24) is 10.2 Å². The van der Waals surface area contributed by atoms with Gasteiger partial charge in [0, 0.05) is 0 Å². The molecule has 1 unspecified atom stereocenters. The van der Waals surface area contributed by atoms with Gasteiger partial charge < -0.3 is 10.6 Å². The molecule has 0 saturated carbocycles. The Morgan fingerprint density at radius 2 is 2.25 bits per heavy atom. The lowest BCUT2D eigenvalue weighted by Gasteiger charge is -2.33. The molecule has 1 rings (SSSR count). The maximum Gasteiger partial charge on any atom is 0.249 e. The van der Waals surface area contributed by atoms with Crippen molar-refractivity contribution in [1.29, 1.82) is 0 Å². The third-order valence-corrected chi connectivity index (χ3v) is 2.62. The van der Waals surface area contributed by atoms with Crippen molar-refractivity contribution in [2.45, 2.75) is 38.8 Å². The van der Waals surface area contributed by atoms with E-state index in [1.807, 2.05) is 6.92 Å². The van der Waals surface area contributed by atoms with Crippen LogP contribution >= 0.6 is 0 Å². The maximum atomic E-state index is 11.9. The predicted molar refractivity (Wildman–Crippen MR) is 57.2 cm³/mol. The van der Waals surface area contributed by atoms with Gasteiger partial charge in [-0.1, -0.05) is 13.3 Å². The van der Waals surface area contributed by atoms with Crippen LogP contribution in [0.25, 0.3) is 0 Å². The number of hydrogen-bond acceptors (Lipinski definition) is 4. The van der Waals surface area contributed by atoms with Crippen LogP contribution in [0.2, 0.25) is 0 Å². The molecule has 16 heavy (non-hydrogen) atoms. The Morgan fingerprint density at radius 1 is 1.62 bits per heavy atom. The first-order valence-electron chi connectivity index (χ1n) is 5.37. The summed E-state index contributed by atoms with van der Waals surface area (Å²) in [4.78, 5) is 35.6. The summed E-state index contributed by atoms with van der Waals surface area (Å²) < 4.78 is 0. The van der Waals surface area contributed by atoms with Gasteiger partial charge in [-0.15, -0.1) is 0 Å². The van der Waals surface area contributed by atoms with Crippen LogP contribution in [0.4, 0.5) is 0 Å². The van der Waals surface area contributed by atoms with Gasteiger partial charge in [0.25, 0.3) is 0 Å². The highest BCUT2D eigenvalue weighted by Crippen LogP contribution is 2.08. The lowest BCUT2D eigenvalue weighted by Crippen LogP contribution is -2.61. The van der Waals surface area contributed by atoms with E-state index >= 15 is 0 Å². The normalized spacial score (nSPS) is 22.9. The van der Waals surface area contributed by atoms with E-state index < -0.39 is 23.9 Å². The number of carbonyl (C=O) groups excluding carboxylic acids is 3. The van der Waals surface area contributed by atoms with Crippen LogP contribution in [0.3, 0.4) is 0 Å². The Morgan fingerprint density at radius 3 is 2.81 bits per heavy atom. The molecule has 1 aliphatic rings. The highest BCUT2D eigenvalue weighted by molar-refractivity contribution is 6.04. The second kappa shape index (κ2) is 5.07. The molecular weight excluding hydrogens is 210 g/mol. The Labute approximate surface area is 94.2 Å². The van der Waals surface area contributed by atoms with Gasteiger partial charge in [0.05, 0.1) is 6.04 Å². The first-order chi connectivity index (χ1) is 7.47. The van der Waals surface area contributed by atoms with Gasteiger partial charge in [0.1, 0.15) is 12.6 Å². The summed E-state index contributed by atoms with van der Waals surface area (Å²) in [6.07, 6.45) is 1.34. The van der Waals surface area contributed by atoms with Crippen LogP contribution in [-0.4, -0.2) is 41.2 Å². The highest BCUT2D eigenvalue weighted by Gasteiger charge is 2.35. The number of nitrogens with one attached hydrogen (secondary N) is 1. The van der Waals surface area contributed by atoms with Gasteiger partial charge in [-0.25, -0.2) is 0 Å². The second-order valence-corrected chi connectivity index (χ2v) is 3.95. The topological polar surface area (TPSA) is 92.5 Å². The van der Waals surface area contributed by atoms with Crippen molar-refractivity contribution in [3.63, 3.8) is 0 Å². The number of imide groups is 1. The third-order valence-electron chi connectivity index (χ3n) is 2.62. The van der Waals surface area contributed by atoms with Crippen LogP contribution in [0.5, 0.6) is 0 Å². The summed E-state index contributed by atoms with van der Waals surface area (Å²) in [7, 11) is 0. The number of rotatable bonds is 3. The smallest absolute Gasteiger partial charge is 0.249 e. The zero-order chi connectivity index (χ0) is 12.3. The molecule has 1 fully saturated rings. The van der Waals surface area contributed by atoms with Crippen LogP contribution in [0.15, 0.2) is 0 Å². The van der Waals surface area contributed by atoms with Gasteiger partial charge in [0.15, 0.2) is 0 Å². The summed E-state index contributed by atoms with van der Waals surface area (Å²) in [5.41, 5.74) is 5.68. The fraction of sp³-hybridized carbons (Fsp3) is 0.700. The van der Waals surface area contributed by atoms with E-state index in [0.717, 1.165) is 6.42 Å². The van der Waals surface area contributed by atoms with Crippen LogP contribution < -0.4 is 11.1 Å². The van der Waals surface area contributed by atoms with Crippen molar-refractivity contribution in [3.05, 3.63) is 0 Å². The first kappa shape index (κ1) is 12.6. The SMILES string of the molecule is CCC[C@H](N)C(=O)N1CC(=O)NC(=O)C1C. The fourth-order valence-corrected chi connectivity index (χ4v) is 1.63.